The molecule has 3 nitrogen and oxygen atoms in total. The smallest absolute Gasteiger partial charge is 0.230 e. The third-order valence-corrected chi connectivity index (χ3v) is 4.89. The van der Waals surface area contributed by atoms with Gasteiger partial charge in [-0.05, 0) is 43.7 Å². The lowest BCUT2D eigenvalue weighted by Gasteiger charge is -2.28. The molecule has 3 rings (SSSR count). The summed E-state index contributed by atoms with van der Waals surface area (Å²) in [4.78, 5) is 14.7. The predicted molar refractivity (Wildman–Crippen MR) is 78.5 cm³/mol. The molecule has 1 amide bonds. The second-order valence-corrected chi connectivity index (χ2v) is 6.22. The van der Waals surface area contributed by atoms with Crippen molar-refractivity contribution in [2.45, 2.75) is 44.6 Å². The highest BCUT2D eigenvalue weighted by Crippen LogP contribution is 2.34. The maximum atomic E-state index is 12.8. The fourth-order valence-electron chi connectivity index (χ4n) is 3.61. The maximum Gasteiger partial charge on any atom is 0.230 e. The van der Waals surface area contributed by atoms with Crippen molar-refractivity contribution in [3.8, 4) is 0 Å². The van der Waals surface area contributed by atoms with E-state index in [2.05, 4.69) is 18.2 Å². The zero-order valence-corrected chi connectivity index (χ0v) is 12.1. The predicted octanol–water partition coefficient (Wildman–Crippen LogP) is 2.34. The van der Waals surface area contributed by atoms with E-state index in [0.717, 1.165) is 38.8 Å². The van der Waals surface area contributed by atoms with Gasteiger partial charge in [-0.3, -0.25) is 4.79 Å². The number of aliphatic hydroxyl groups excluding tert-OH is 1. The Morgan fingerprint density at radius 2 is 2.15 bits per heavy atom. The normalized spacial score (nSPS) is 27.2. The summed E-state index contributed by atoms with van der Waals surface area (Å²) in [5.74, 6) is 0.547. The van der Waals surface area contributed by atoms with Crippen molar-refractivity contribution in [1.82, 2.24) is 4.90 Å². The zero-order valence-electron chi connectivity index (χ0n) is 12.1. The summed E-state index contributed by atoms with van der Waals surface area (Å²) in [5.41, 5.74) is 2.56. The van der Waals surface area contributed by atoms with Crippen LogP contribution in [-0.2, 0) is 11.2 Å². The molecule has 1 aliphatic carbocycles. The van der Waals surface area contributed by atoms with E-state index in [1.54, 1.807) is 0 Å². The van der Waals surface area contributed by atoms with Crippen molar-refractivity contribution in [2.24, 2.45) is 5.92 Å². The van der Waals surface area contributed by atoms with Crippen LogP contribution in [0.15, 0.2) is 24.3 Å². The van der Waals surface area contributed by atoms with Crippen LogP contribution in [0.5, 0.6) is 0 Å². The number of hydrogen-bond acceptors (Lipinski definition) is 2. The molecule has 3 atom stereocenters. The number of aryl methyl sites for hydroxylation is 1. The number of carbonyl (C=O) groups excluding carboxylic acids is 1. The summed E-state index contributed by atoms with van der Waals surface area (Å²) >= 11 is 0. The molecule has 3 unspecified atom stereocenters. The molecule has 1 aliphatic heterocycles. The van der Waals surface area contributed by atoms with Gasteiger partial charge in [0.2, 0.25) is 5.91 Å². The molecule has 1 saturated heterocycles. The third-order valence-electron chi connectivity index (χ3n) is 4.89. The van der Waals surface area contributed by atoms with Crippen molar-refractivity contribution in [3.05, 3.63) is 35.4 Å². The molecule has 108 valence electrons. The highest BCUT2D eigenvalue weighted by atomic mass is 16.3. The number of hydrogen-bond donors (Lipinski definition) is 1. The van der Waals surface area contributed by atoms with Crippen LogP contribution in [0.25, 0.3) is 0 Å². The number of benzene rings is 1. The van der Waals surface area contributed by atoms with E-state index in [9.17, 15) is 9.90 Å². The molecular formula is C17H23NO2. The highest BCUT2D eigenvalue weighted by molar-refractivity contribution is 5.84. The Bertz CT molecular complexity index is 498. The summed E-state index contributed by atoms with van der Waals surface area (Å²) in [5, 5.41) is 9.68. The van der Waals surface area contributed by atoms with Gasteiger partial charge < -0.3 is 10.0 Å². The monoisotopic (exact) mass is 273 g/mol. The van der Waals surface area contributed by atoms with Crippen molar-refractivity contribution >= 4 is 5.91 Å². The fourth-order valence-corrected chi connectivity index (χ4v) is 3.61. The largest absolute Gasteiger partial charge is 0.393 e. The van der Waals surface area contributed by atoms with Crippen LogP contribution in [0, 0.1) is 5.92 Å². The van der Waals surface area contributed by atoms with Crippen LogP contribution in [0.1, 0.15) is 43.2 Å². The fraction of sp³-hybridized carbons (Fsp3) is 0.588. The molecule has 1 aromatic carbocycles. The average molecular weight is 273 g/mol. The molecule has 0 aromatic heterocycles. The van der Waals surface area contributed by atoms with E-state index < -0.39 is 0 Å². The lowest BCUT2D eigenvalue weighted by atomic mass is 9.82. The average Bonchev–Trinajstić information content (AvgIpc) is 2.96. The van der Waals surface area contributed by atoms with Gasteiger partial charge in [-0.25, -0.2) is 0 Å². The number of fused-ring (bicyclic) bond motifs is 1. The minimum absolute atomic E-state index is 0.0349. The van der Waals surface area contributed by atoms with Gasteiger partial charge >= 0.3 is 0 Å². The molecule has 0 radical (unpaired) electrons. The minimum atomic E-state index is -0.313. The Labute approximate surface area is 120 Å². The van der Waals surface area contributed by atoms with E-state index in [4.69, 9.17) is 0 Å². The zero-order chi connectivity index (χ0) is 14.1. The molecule has 1 aromatic rings. The van der Waals surface area contributed by atoms with Gasteiger partial charge in [0.05, 0.1) is 12.0 Å². The first-order chi connectivity index (χ1) is 9.66. The molecule has 1 fully saturated rings. The molecule has 0 spiro atoms. The quantitative estimate of drug-likeness (QED) is 0.898. The van der Waals surface area contributed by atoms with E-state index in [1.807, 2.05) is 17.9 Å². The summed E-state index contributed by atoms with van der Waals surface area (Å²) < 4.78 is 0. The lowest BCUT2D eigenvalue weighted by molar-refractivity contribution is -0.132. The summed E-state index contributed by atoms with van der Waals surface area (Å²) in [6, 6.07) is 8.36. The Kier molecular flexibility index (Phi) is 3.79. The first-order valence-corrected chi connectivity index (χ1v) is 7.71. The summed E-state index contributed by atoms with van der Waals surface area (Å²) in [6.07, 6.45) is 3.77. The number of amides is 1. The molecule has 3 heteroatoms. The van der Waals surface area contributed by atoms with E-state index >= 15 is 0 Å². The van der Waals surface area contributed by atoms with E-state index in [-0.39, 0.29) is 23.8 Å². The molecule has 20 heavy (non-hydrogen) atoms. The maximum absolute atomic E-state index is 12.8. The first kappa shape index (κ1) is 13.6. The molecule has 2 aliphatic rings. The van der Waals surface area contributed by atoms with E-state index in [0.29, 0.717) is 0 Å². The Morgan fingerprint density at radius 1 is 1.35 bits per heavy atom. The van der Waals surface area contributed by atoms with Crippen molar-refractivity contribution in [3.63, 3.8) is 0 Å². The van der Waals surface area contributed by atoms with Gasteiger partial charge in [-0.1, -0.05) is 24.3 Å². The Hall–Kier alpha value is -1.35. The standard InChI is InChI=1S/C17H23NO2/c1-12(19)14-9-10-18(11-14)17(20)16-8-4-6-13-5-2-3-7-15(13)16/h2-3,5,7,12,14,16,19H,4,6,8-11H2,1H3. The molecule has 0 bridgehead atoms. The van der Waals surface area contributed by atoms with Crippen molar-refractivity contribution in [1.29, 1.82) is 0 Å². The summed E-state index contributed by atoms with van der Waals surface area (Å²) in [6.45, 7) is 3.34. The molecule has 1 N–H and O–H groups in total. The van der Waals surface area contributed by atoms with Crippen LogP contribution in [0.2, 0.25) is 0 Å². The Morgan fingerprint density at radius 3 is 2.90 bits per heavy atom. The second-order valence-electron chi connectivity index (χ2n) is 6.22. The molecule has 1 heterocycles. The summed E-state index contributed by atoms with van der Waals surface area (Å²) in [7, 11) is 0. The highest BCUT2D eigenvalue weighted by Gasteiger charge is 2.34. The molecule has 0 saturated carbocycles. The van der Waals surface area contributed by atoms with Crippen LogP contribution >= 0.6 is 0 Å². The number of rotatable bonds is 2. The minimum Gasteiger partial charge on any atom is -0.393 e. The number of aliphatic hydroxyl groups is 1. The number of carbonyl (C=O) groups is 1. The molecular weight excluding hydrogens is 250 g/mol. The number of nitrogens with zero attached hydrogens (tertiary/aromatic N) is 1. The topological polar surface area (TPSA) is 40.5 Å². The van der Waals surface area contributed by atoms with Crippen molar-refractivity contribution < 1.29 is 9.90 Å². The van der Waals surface area contributed by atoms with Crippen LogP contribution < -0.4 is 0 Å². The second kappa shape index (κ2) is 5.57. The van der Waals surface area contributed by atoms with Gasteiger partial charge in [0, 0.05) is 19.0 Å². The lowest BCUT2D eigenvalue weighted by Crippen LogP contribution is -2.35. The number of likely N-dealkylation sites (tertiary alicyclic amines) is 1. The van der Waals surface area contributed by atoms with Gasteiger partial charge in [0.1, 0.15) is 0 Å². The van der Waals surface area contributed by atoms with Crippen LogP contribution in [-0.4, -0.2) is 35.1 Å². The van der Waals surface area contributed by atoms with Gasteiger partial charge in [0.25, 0.3) is 0 Å². The van der Waals surface area contributed by atoms with Crippen LogP contribution in [0.4, 0.5) is 0 Å². The van der Waals surface area contributed by atoms with Crippen molar-refractivity contribution in [2.75, 3.05) is 13.1 Å². The van der Waals surface area contributed by atoms with Crippen LogP contribution in [0.3, 0.4) is 0 Å². The SMILES string of the molecule is CC(O)C1CCN(C(=O)C2CCCc3ccccc32)C1. The first-order valence-electron chi connectivity index (χ1n) is 7.71. The Balaban J connectivity index is 1.76. The van der Waals surface area contributed by atoms with Gasteiger partial charge in [-0.2, -0.15) is 0 Å². The van der Waals surface area contributed by atoms with E-state index in [1.165, 1.54) is 11.1 Å². The van der Waals surface area contributed by atoms with Gasteiger partial charge in [0.15, 0.2) is 0 Å². The van der Waals surface area contributed by atoms with Gasteiger partial charge in [-0.15, -0.1) is 0 Å². The third kappa shape index (κ3) is 2.47.